The maximum absolute atomic E-state index is 11.5. The van der Waals surface area contributed by atoms with Gasteiger partial charge in [-0.1, -0.05) is 155 Å². The third-order valence-electron chi connectivity index (χ3n) is 11.5. The van der Waals surface area contributed by atoms with E-state index in [-0.39, 0.29) is 17.9 Å². The second kappa shape index (κ2) is 19.4. The molecule has 298 valence electrons. The summed E-state index contributed by atoms with van der Waals surface area (Å²) in [5.74, 6) is 0.218. The van der Waals surface area contributed by atoms with Crippen LogP contribution in [0, 0.1) is 46.5 Å². The summed E-state index contributed by atoms with van der Waals surface area (Å²) < 4.78 is 6.11. The van der Waals surface area contributed by atoms with E-state index in [2.05, 4.69) is 152 Å². The summed E-state index contributed by atoms with van der Waals surface area (Å²) in [6, 6.07) is 35.8. The number of fused-ring (bicyclic) bond motifs is 3. The number of rotatable bonds is 9. The van der Waals surface area contributed by atoms with Gasteiger partial charge >= 0.3 is 0 Å². The number of benzene rings is 5. The molecule has 2 heterocycles. The molecular formula is C54H60N2O2. The summed E-state index contributed by atoms with van der Waals surface area (Å²) in [4.78, 5) is 10.0. The molecule has 2 aliphatic rings. The highest BCUT2D eigenvalue weighted by Gasteiger charge is 2.35. The minimum Gasteiger partial charge on any atom is -0.384 e. The Morgan fingerprint density at radius 3 is 1.83 bits per heavy atom. The van der Waals surface area contributed by atoms with Gasteiger partial charge in [-0.25, -0.2) is 0 Å². The lowest BCUT2D eigenvalue weighted by Crippen LogP contribution is -2.30. The van der Waals surface area contributed by atoms with Crippen molar-refractivity contribution < 1.29 is 9.84 Å². The molecule has 4 atom stereocenters. The zero-order valence-electron chi connectivity index (χ0n) is 35.9. The van der Waals surface area contributed by atoms with Gasteiger partial charge < -0.3 is 9.84 Å². The van der Waals surface area contributed by atoms with Gasteiger partial charge in [-0.05, 0) is 97.5 Å². The fraction of sp³-hybridized carbons (Fsp3) is 0.296. The highest BCUT2D eigenvalue weighted by Crippen LogP contribution is 2.42. The summed E-state index contributed by atoms with van der Waals surface area (Å²) in [7, 11) is 0. The SMILES string of the molecule is CC.CCCC(OCC)c1c(C)nc(-c2c(C)cccc2C)c2ccccc12.Cc1cccc(C)c1C1=NC=C(C(O)c2cccc3ccccc23)C2C=CC=CC12. The number of hydrogen-bond donors (Lipinski definition) is 1. The number of nitrogens with zero attached hydrogens (tertiary/aromatic N) is 2. The number of aromatic nitrogens is 1. The molecule has 4 nitrogen and oxygen atoms in total. The predicted molar refractivity (Wildman–Crippen MR) is 247 cm³/mol. The Bertz CT molecular complexity index is 2450. The van der Waals surface area contributed by atoms with E-state index in [1.165, 1.54) is 49.7 Å². The zero-order chi connectivity index (χ0) is 41.3. The first-order chi connectivity index (χ1) is 28.2. The summed E-state index contributed by atoms with van der Waals surface area (Å²) in [5.41, 5.74) is 13.9. The van der Waals surface area contributed by atoms with E-state index in [0.29, 0.717) is 0 Å². The van der Waals surface area contributed by atoms with Gasteiger partial charge in [0.15, 0.2) is 0 Å². The third kappa shape index (κ3) is 8.55. The zero-order valence-corrected chi connectivity index (χ0v) is 35.9. The molecule has 0 radical (unpaired) electrons. The molecule has 8 rings (SSSR count). The first-order valence-corrected chi connectivity index (χ1v) is 21.2. The number of pyridine rings is 1. The Labute approximate surface area is 346 Å². The predicted octanol–water partition coefficient (Wildman–Crippen LogP) is 14.0. The van der Waals surface area contributed by atoms with Gasteiger partial charge in [-0.15, -0.1) is 0 Å². The van der Waals surface area contributed by atoms with Crippen LogP contribution in [0.3, 0.4) is 0 Å². The molecule has 58 heavy (non-hydrogen) atoms. The molecule has 0 fully saturated rings. The minimum absolute atomic E-state index is 0.0930. The number of aryl methyl sites for hydroxylation is 5. The Balaban J connectivity index is 0.000000190. The maximum atomic E-state index is 11.5. The van der Waals surface area contributed by atoms with Crippen molar-refractivity contribution in [3.05, 3.63) is 184 Å². The van der Waals surface area contributed by atoms with Gasteiger partial charge in [-0.3, -0.25) is 9.98 Å². The molecule has 0 bridgehead atoms. The van der Waals surface area contributed by atoms with Crippen molar-refractivity contribution in [2.24, 2.45) is 16.8 Å². The van der Waals surface area contributed by atoms with E-state index in [1.54, 1.807) is 0 Å². The summed E-state index contributed by atoms with van der Waals surface area (Å²) >= 11 is 0. The van der Waals surface area contributed by atoms with Crippen molar-refractivity contribution in [2.45, 2.75) is 87.4 Å². The smallest absolute Gasteiger partial charge is 0.103 e. The molecule has 0 spiro atoms. The van der Waals surface area contributed by atoms with Crippen LogP contribution < -0.4 is 0 Å². The van der Waals surface area contributed by atoms with Crippen LogP contribution in [0.25, 0.3) is 32.8 Å². The normalized spacial score (nSPS) is 16.7. The molecule has 0 amide bonds. The lowest BCUT2D eigenvalue weighted by atomic mass is 9.73. The number of aliphatic hydroxyl groups is 1. The van der Waals surface area contributed by atoms with Gasteiger partial charge in [-0.2, -0.15) is 0 Å². The number of hydrogen-bond acceptors (Lipinski definition) is 4. The average molecular weight is 769 g/mol. The van der Waals surface area contributed by atoms with Gasteiger partial charge in [0.1, 0.15) is 6.10 Å². The summed E-state index contributed by atoms with van der Waals surface area (Å²) in [5, 5.41) is 16.2. The van der Waals surface area contributed by atoms with Crippen LogP contribution in [0.4, 0.5) is 0 Å². The monoisotopic (exact) mass is 768 g/mol. The van der Waals surface area contributed by atoms with Gasteiger partial charge in [0.25, 0.3) is 0 Å². The molecular weight excluding hydrogens is 709 g/mol. The largest absolute Gasteiger partial charge is 0.384 e. The second-order valence-electron chi connectivity index (χ2n) is 15.2. The van der Waals surface area contributed by atoms with E-state index in [9.17, 15) is 5.11 Å². The van der Waals surface area contributed by atoms with Crippen LogP contribution in [0.1, 0.15) is 97.4 Å². The molecule has 1 N–H and O–H groups in total. The Morgan fingerprint density at radius 2 is 1.19 bits per heavy atom. The Hall–Kier alpha value is -5.42. The Morgan fingerprint density at radius 1 is 0.638 bits per heavy atom. The van der Waals surface area contributed by atoms with Crippen molar-refractivity contribution in [2.75, 3.05) is 6.61 Å². The van der Waals surface area contributed by atoms with Crippen LogP contribution in [0.5, 0.6) is 0 Å². The van der Waals surface area contributed by atoms with Gasteiger partial charge in [0, 0.05) is 52.4 Å². The fourth-order valence-corrected chi connectivity index (χ4v) is 8.84. The van der Waals surface area contributed by atoms with E-state index in [1.807, 2.05) is 44.3 Å². The first-order valence-electron chi connectivity index (χ1n) is 21.2. The minimum atomic E-state index is -0.692. The Kier molecular flexibility index (Phi) is 14.1. The topological polar surface area (TPSA) is 54.7 Å². The highest BCUT2D eigenvalue weighted by atomic mass is 16.5. The molecule has 1 aliphatic carbocycles. The van der Waals surface area contributed by atoms with Crippen molar-refractivity contribution >= 4 is 27.3 Å². The van der Waals surface area contributed by atoms with E-state index in [4.69, 9.17) is 14.7 Å². The molecule has 6 aromatic rings. The summed E-state index contributed by atoms with van der Waals surface area (Å²) in [6.07, 6.45) is 12.0. The van der Waals surface area contributed by atoms with Crippen LogP contribution >= 0.6 is 0 Å². The molecule has 0 saturated heterocycles. The van der Waals surface area contributed by atoms with Crippen LogP contribution in [0.15, 0.2) is 144 Å². The lowest BCUT2D eigenvalue weighted by molar-refractivity contribution is 0.0560. The van der Waals surface area contributed by atoms with Crippen molar-refractivity contribution in [3.63, 3.8) is 0 Å². The molecule has 4 heteroatoms. The van der Waals surface area contributed by atoms with E-state index in [0.717, 1.165) is 58.5 Å². The average Bonchev–Trinajstić information content (AvgIpc) is 3.24. The molecule has 4 unspecified atom stereocenters. The van der Waals surface area contributed by atoms with E-state index < -0.39 is 6.10 Å². The van der Waals surface area contributed by atoms with Crippen LogP contribution in [-0.2, 0) is 4.74 Å². The molecule has 0 saturated carbocycles. The number of ether oxygens (including phenoxy) is 1. The number of allylic oxidation sites excluding steroid dienone is 4. The third-order valence-corrected chi connectivity index (χ3v) is 11.5. The maximum Gasteiger partial charge on any atom is 0.103 e. The van der Waals surface area contributed by atoms with Crippen molar-refractivity contribution in [1.29, 1.82) is 0 Å². The van der Waals surface area contributed by atoms with E-state index >= 15 is 0 Å². The quantitative estimate of drug-likeness (QED) is 0.159. The molecule has 1 aromatic heterocycles. The standard InChI is InChI=1S/C28H25NO.C24H29NO.C2H6/c1-18-9-7-10-19(2)26(18)27-23-15-6-5-14-22(23)25(17-29-27)28(30)24-16-8-12-20-11-3-4-13-21(20)24;1-6-11-21(26-7-2)23-18(5)25-24(20-15-9-8-14-19(20)23)22-16(3)12-10-13-17(22)4;1-2/h3-17,22-23,28,30H,1-2H3;8-10,12-15,21H,6-7,11H2,1-5H3;1-2H3. The number of aliphatic hydroxyl groups excluding tert-OH is 1. The fourth-order valence-electron chi connectivity index (χ4n) is 8.84. The lowest BCUT2D eigenvalue weighted by Gasteiger charge is -2.34. The van der Waals surface area contributed by atoms with Crippen molar-refractivity contribution in [1.82, 2.24) is 4.98 Å². The van der Waals surface area contributed by atoms with Gasteiger partial charge in [0.2, 0.25) is 0 Å². The molecule has 5 aromatic carbocycles. The van der Waals surface area contributed by atoms with Crippen LogP contribution in [0.2, 0.25) is 0 Å². The summed E-state index contributed by atoms with van der Waals surface area (Å²) in [6.45, 7) is 19.8. The van der Waals surface area contributed by atoms with Crippen LogP contribution in [-0.4, -0.2) is 22.4 Å². The highest BCUT2D eigenvalue weighted by molar-refractivity contribution is 6.07. The number of aliphatic imine (C=N–C) groups is 1. The second-order valence-corrected chi connectivity index (χ2v) is 15.2. The van der Waals surface area contributed by atoms with Crippen molar-refractivity contribution in [3.8, 4) is 11.3 Å². The first kappa shape index (κ1) is 42.2. The molecule has 1 aliphatic heterocycles. The van der Waals surface area contributed by atoms with Gasteiger partial charge in [0.05, 0.1) is 17.5 Å².